The Labute approximate surface area is 98.1 Å². The summed E-state index contributed by atoms with van der Waals surface area (Å²) < 4.78 is 0. The number of thiazole rings is 1. The maximum Gasteiger partial charge on any atom is 0.177 e. The first-order valence-electron chi connectivity index (χ1n) is 4.54. The molecule has 4 nitrogen and oxygen atoms in total. The highest BCUT2D eigenvalue weighted by molar-refractivity contribution is 8.13. The normalized spacial score (nSPS) is 13.1. The van der Waals surface area contributed by atoms with Crippen LogP contribution in [0, 0.1) is 0 Å². The van der Waals surface area contributed by atoms with Crippen LogP contribution in [-0.4, -0.2) is 10.2 Å². The van der Waals surface area contributed by atoms with Gasteiger partial charge in [-0.05, 0) is 0 Å². The van der Waals surface area contributed by atoms with Crippen molar-refractivity contribution in [1.82, 2.24) is 4.98 Å². The molecule has 6 heteroatoms. The molecule has 0 aliphatic heterocycles. The molecule has 0 atom stereocenters. The first-order valence-corrected chi connectivity index (χ1v) is 6.41. The summed E-state index contributed by atoms with van der Waals surface area (Å²) in [6.45, 7) is 6.44. The maximum absolute atomic E-state index is 5.48. The number of thioether (sulfide) groups is 1. The molecule has 4 N–H and O–H groups in total. The number of aromatic nitrogens is 1. The Balaban J connectivity index is 2.62. The Bertz CT molecular complexity index is 351. The third kappa shape index (κ3) is 3.71. The fourth-order valence-electron chi connectivity index (χ4n) is 0.895. The summed E-state index contributed by atoms with van der Waals surface area (Å²) in [6, 6.07) is 0. The van der Waals surface area contributed by atoms with Crippen molar-refractivity contribution in [3.8, 4) is 0 Å². The van der Waals surface area contributed by atoms with Gasteiger partial charge in [-0.1, -0.05) is 32.5 Å². The molecule has 0 bridgehead atoms. The summed E-state index contributed by atoms with van der Waals surface area (Å²) >= 11 is 3.05. The van der Waals surface area contributed by atoms with E-state index in [4.69, 9.17) is 11.6 Å². The van der Waals surface area contributed by atoms with Crippen LogP contribution in [0.1, 0.15) is 31.5 Å². The number of nitrogens with two attached hydrogens (primary N) is 2. The van der Waals surface area contributed by atoms with Gasteiger partial charge in [0.05, 0.1) is 11.4 Å². The van der Waals surface area contributed by atoms with E-state index in [1.165, 1.54) is 11.8 Å². The van der Waals surface area contributed by atoms with E-state index in [2.05, 4.69) is 36.2 Å². The first kappa shape index (κ1) is 12.3. The Morgan fingerprint density at radius 2 is 2.27 bits per heavy atom. The first-order chi connectivity index (χ1) is 6.93. The lowest BCUT2D eigenvalue weighted by Crippen LogP contribution is -2.12. The molecule has 0 aliphatic carbocycles. The second-order valence-corrected chi connectivity index (χ2v) is 6.07. The Hall–Kier alpha value is -0.750. The van der Waals surface area contributed by atoms with Gasteiger partial charge in [0.1, 0.15) is 5.01 Å². The van der Waals surface area contributed by atoms with Crippen LogP contribution < -0.4 is 11.6 Å². The van der Waals surface area contributed by atoms with Crippen LogP contribution in [0.25, 0.3) is 0 Å². The highest BCUT2D eigenvalue weighted by atomic mass is 32.2. The third-order valence-corrected chi connectivity index (χ3v) is 3.64. The molecule has 0 aromatic carbocycles. The van der Waals surface area contributed by atoms with Crippen molar-refractivity contribution in [2.75, 3.05) is 0 Å². The molecule has 0 radical (unpaired) electrons. The summed E-state index contributed by atoms with van der Waals surface area (Å²) in [4.78, 5) is 4.53. The van der Waals surface area contributed by atoms with Crippen molar-refractivity contribution < 1.29 is 0 Å². The molecule has 1 rings (SSSR count). The van der Waals surface area contributed by atoms with Crippen molar-refractivity contribution in [1.29, 1.82) is 0 Å². The molecule has 0 amide bonds. The number of hydrogen-bond acceptors (Lipinski definition) is 5. The summed E-state index contributed by atoms with van der Waals surface area (Å²) in [7, 11) is 0. The predicted molar refractivity (Wildman–Crippen MR) is 67.9 cm³/mol. The van der Waals surface area contributed by atoms with Gasteiger partial charge in [0.2, 0.25) is 0 Å². The van der Waals surface area contributed by atoms with Gasteiger partial charge < -0.3 is 11.6 Å². The summed E-state index contributed by atoms with van der Waals surface area (Å²) in [5.74, 6) is 5.77. The lowest BCUT2D eigenvalue weighted by Gasteiger charge is -2.14. The number of nitrogens with zero attached hydrogens (tertiary/aromatic N) is 2. The summed E-state index contributed by atoms with van der Waals surface area (Å²) in [5.41, 5.74) is 6.70. The minimum absolute atomic E-state index is 0.104. The second kappa shape index (κ2) is 4.85. The van der Waals surface area contributed by atoms with Crippen molar-refractivity contribution in [2.45, 2.75) is 31.9 Å². The molecule has 1 aromatic rings. The van der Waals surface area contributed by atoms with Gasteiger partial charge in [0, 0.05) is 10.8 Å². The van der Waals surface area contributed by atoms with E-state index in [1.807, 2.05) is 0 Å². The summed E-state index contributed by atoms with van der Waals surface area (Å²) in [5, 5.41) is 6.93. The highest BCUT2D eigenvalue weighted by Gasteiger charge is 2.17. The topological polar surface area (TPSA) is 77.3 Å². The van der Waals surface area contributed by atoms with E-state index in [-0.39, 0.29) is 5.41 Å². The zero-order valence-electron chi connectivity index (χ0n) is 9.15. The molecular weight excluding hydrogens is 228 g/mol. The van der Waals surface area contributed by atoms with Crippen LogP contribution in [0.3, 0.4) is 0 Å². The highest BCUT2D eigenvalue weighted by Crippen LogP contribution is 2.25. The average molecular weight is 244 g/mol. The van der Waals surface area contributed by atoms with Crippen LogP contribution >= 0.6 is 23.1 Å². The van der Waals surface area contributed by atoms with Crippen molar-refractivity contribution in [3.05, 3.63) is 16.1 Å². The molecule has 0 aliphatic rings. The second-order valence-electron chi connectivity index (χ2n) is 4.13. The van der Waals surface area contributed by atoms with Crippen LogP contribution in [0.4, 0.5) is 0 Å². The lowest BCUT2D eigenvalue weighted by molar-refractivity contribution is 0.572. The van der Waals surface area contributed by atoms with Gasteiger partial charge in [-0.25, -0.2) is 4.98 Å². The molecular formula is C9H16N4S2. The van der Waals surface area contributed by atoms with Gasteiger partial charge in [-0.15, -0.1) is 11.3 Å². The van der Waals surface area contributed by atoms with E-state index in [0.717, 1.165) is 16.5 Å². The monoisotopic (exact) mass is 244 g/mol. The molecule has 15 heavy (non-hydrogen) atoms. The number of hydrazone groups is 1. The smallest absolute Gasteiger partial charge is 0.177 e. The molecule has 84 valence electrons. The Morgan fingerprint density at radius 1 is 1.60 bits per heavy atom. The minimum atomic E-state index is 0.104. The van der Waals surface area contributed by atoms with Gasteiger partial charge in [0.25, 0.3) is 0 Å². The molecule has 0 fully saturated rings. The van der Waals surface area contributed by atoms with Crippen LogP contribution in [0.15, 0.2) is 10.5 Å². The van der Waals surface area contributed by atoms with Crippen LogP contribution in [-0.2, 0) is 11.2 Å². The zero-order chi connectivity index (χ0) is 11.5. The Morgan fingerprint density at radius 3 is 2.73 bits per heavy atom. The van der Waals surface area contributed by atoms with E-state index >= 15 is 0 Å². The van der Waals surface area contributed by atoms with Crippen LogP contribution in [0.5, 0.6) is 0 Å². The van der Waals surface area contributed by atoms with Gasteiger partial charge in [-0.2, -0.15) is 5.10 Å². The quantitative estimate of drug-likeness (QED) is 0.360. The number of amidine groups is 1. The molecule has 0 saturated heterocycles. The fraction of sp³-hybridized carbons (Fsp3) is 0.556. The van der Waals surface area contributed by atoms with Crippen molar-refractivity contribution in [2.24, 2.45) is 16.7 Å². The standard InChI is InChI=1S/C9H16N4S2/c1-9(2,3)6-4-14-7(12-6)5-15-8(10)13-11/h4H,5,11H2,1-3H3,(H2,10,13). The molecule has 1 aromatic heterocycles. The SMILES string of the molecule is CC(C)(C)c1csc(CSC(N)=NN)n1. The fourth-order valence-corrected chi connectivity index (χ4v) is 2.56. The van der Waals surface area contributed by atoms with E-state index in [1.54, 1.807) is 11.3 Å². The largest absolute Gasteiger partial charge is 0.377 e. The van der Waals surface area contributed by atoms with Gasteiger partial charge >= 0.3 is 0 Å². The van der Waals surface area contributed by atoms with Crippen molar-refractivity contribution in [3.63, 3.8) is 0 Å². The number of hydrogen-bond donors (Lipinski definition) is 2. The van der Waals surface area contributed by atoms with Gasteiger partial charge in [0.15, 0.2) is 5.17 Å². The summed E-state index contributed by atoms with van der Waals surface area (Å²) in [6.07, 6.45) is 0. The van der Waals surface area contributed by atoms with Gasteiger partial charge in [-0.3, -0.25) is 0 Å². The molecule has 1 heterocycles. The van der Waals surface area contributed by atoms with E-state index in [0.29, 0.717) is 5.17 Å². The average Bonchev–Trinajstić information content (AvgIpc) is 2.61. The Kier molecular flexibility index (Phi) is 3.98. The molecule has 0 spiro atoms. The zero-order valence-corrected chi connectivity index (χ0v) is 10.8. The molecule has 0 unspecified atom stereocenters. The number of rotatable bonds is 2. The third-order valence-electron chi connectivity index (χ3n) is 1.79. The molecule has 0 saturated carbocycles. The van der Waals surface area contributed by atoms with E-state index in [9.17, 15) is 0 Å². The van der Waals surface area contributed by atoms with Crippen LogP contribution in [0.2, 0.25) is 0 Å². The van der Waals surface area contributed by atoms with E-state index < -0.39 is 0 Å². The lowest BCUT2D eigenvalue weighted by atomic mass is 9.93. The minimum Gasteiger partial charge on any atom is -0.377 e. The predicted octanol–water partition coefficient (Wildman–Crippen LogP) is 1.86. The van der Waals surface area contributed by atoms with Crippen molar-refractivity contribution >= 4 is 28.3 Å². The maximum atomic E-state index is 5.48.